The van der Waals surface area contributed by atoms with Gasteiger partial charge in [0.2, 0.25) is 11.7 Å². The Bertz CT molecular complexity index is 1160. The van der Waals surface area contributed by atoms with Crippen molar-refractivity contribution in [1.82, 2.24) is 0 Å². The van der Waals surface area contributed by atoms with Crippen LogP contribution in [0.15, 0.2) is 71.2 Å². The van der Waals surface area contributed by atoms with Gasteiger partial charge in [0, 0.05) is 0 Å². The Morgan fingerprint density at radius 3 is 2.58 bits per heavy atom. The SMILES string of the molecule is O=C1C(=CC2C(F)=Cc3ccccc32)OC(=NC2CC2)C1c1cccc(C(F)(F)F)c1. The first kappa shape index (κ1) is 19.7. The Morgan fingerprint density at radius 1 is 1.06 bits per heavy atom. The molecule has 3 nitrogen and oxygen atoms in total. The number of allylic oxidation sites excluding steroid dienone is 3. The Kier molecular flexibility index (Phi) is 4.57. The van der Waals surface area contributed by atoms with Crippen molar-refractivity contribution < 1.29 is 27.1 Å². The summed E-state index contributed by atoms with van der Waals surface area (Å²) in [5.74, 6) is -2.81. The number of hydrogen-bond donors (Lipinski definition) is 0. The number of fused-ring (bicyclic) bond motifs is 1. The van der Waals surface area contributed by atoms with Crippen LogP contribution in [0.5, 0.6) is 0 Å². The molecule has 5 rings (SSSR count). The largest absolute Gasteiger partial charge is 0.439 e. The van der Waals surface area contributed by atoms with Gasteiger partial charge in [0.05, 0.1) is 17.5 Å². The van der Waals surface area contributed by atoms with Crippen molar-refractivity contribution in [2.24, 2.45) is 4.99 Å². The molecule has 3 aliphatic rings. The van der Waals surface area contributed by atoms with Crippen LogP contribution in [0.3, 0.4) is 0 Å². The third kappa shape index (κ3) is 3.69. The zero-order valence-corrected chi connectivity index (χ0v) is 16.2. The lowest BCUT2D eigenvalue weighted by Crippen LogP contribution is -2.15. The third-order valence-corrected chi connectivity index (χ3v) is 5.61. The smallest absolute Gasteiger partial charge is 0.416 e. The zero-order chi connectivity index (χ0) is 21.8. The molecule has 1 heterocycles. The molecular weight excluding hydrogens is 410 g/mol. The number of Topliss-reactive ketones (excluding diaryl/α,β-unsaturated/α-hetero) is 1. The highest BCUT2D eigenvalue weighted by Gasteiger charge is 2.42. The van der Waals surface area contributed by atoms with Gasteiger partial charge in [-0.15, -0.1) is 0 Å². The van der Waals surface area contributed by atoms with E-state index in [1.807, 2.05) is 0 Å². The Labute approximate surface area is 175 Å². The lowest BCUT2D eigenvalue weighted by Gasteiger charge is -2.11. The molecule has 2 atom stereocenters. The predicted molar refractivity (Wildman–Crippen MR) is 107 cm³/mol. The maximum Gasteiger partial charge on any atom is 0.416 e. The van der Waals surface area contributed by atoms with Crippen molar-refractivity contribution >= 4 is 17.8 Å². The second kappa shape index (κ2) is 7.18. The van der Waals surface area contributed by atoms with Gasteiger partial charge in [-0.2, -0.15) is 13.2 Å². The van der Waals surface area contributed by atoms with Gasteiger partial charge in [-0.3, -0.25) is 9.79 Å². The predicted octanol–water partition coefficient (Wildman–Crippen LogP) is 5.94. The summed E-state index contributed by atoms with van der Waals surface area (Å²) in [5.41, 5.74) is 0.728. The molecule has 1 saturated heterocycles. The number of benzene rings is 2. The minimum absolute atomic E-state index is 0.000660. The fourth-order valence-electron chi connectivity index (χ4n) is 3.90. The molecule has 0 radical (unpaired) electrons. The van der Waals surface area contributed by atoms with E-state index in [4.69, 9.17) is 4.74 Å². The van der Waals surface area contributed by atoms with E-state index in [0.29, 0.717) is 11.1 Å². The maximum absolute atomic E-state index is 14.6. The lowest BCUT2D eigenvalue weighted by molar-refractivity contribution is -0.137. The molecule has 31 heavy (non-hydrogen) atoms. The number of rotatable bonds is 3. The highest BCUT2D eigenvalue weighted by Crippen LogP contribution is 2.42. The Balaban J connectivity index is 1.54. The van der Waals surface area contributed by atoms with E-state index < -0.39 is 35.2 Å². The molecule has 0 spiro atoms. The van der Waals surface area contributed by atoms with E-state index in [-0.39, 0.29) is 23.3 Å². The molecule has 1 aliphatic heterocycles. The van der Waals surface area contributed by atoms with Crippen LogP contribution in [-0.4, -0.2) is 17.7 Å². The number of hydrogen-bond acceptors (Lipinski definition) is 3. The highest BCUT2D eigenvalue weighted by atomic mass is 19.4. The normalized spacial score (nSPS) is 25.7. The number of nitrogens with zero attached hydrogens (tertiary/aromatic N) is 1. The van der Waals surface area contributed by atoms with Crippen LogP contribution in [-0.2, 0) is 15.7 Å². The molecule has 0 bridgehead atoms. The molecule has 2 unspecified atom stereocenters. The van der Waals surface area contributed by atoms with Crippen LogP contribution in [0.25, 0.3) is 6.08 Å². The van der Waals surface area contributed by atoms with Crippen molar-refractivity contribution in [3.8, 4) is 0 Å². The number of alkyl halides is 3. The quantitative estimate of drug-likeness (QED) is 0.449. The molecule has 2 fully saturated rings. The van der Waals surface area contributed by atoms with Crippen molar-refractivity contribution in [3.05, 3.63) is 88.4 Å². The summed E-state index contributed by atoms with van der Waals surface area (Å²) in [6.07, 6.45) is -0.0615. The molecule has 0 N–H and O–H groups in total. The molecule has 158 valence electrons. The summed E-state index contributed by atoms with van der Waals surface area (Å²) in [4.78, 5) is 17.6. The van der Waals surface area contributed by atoms with Gasteiger partial charge in [-0.05, 0) is 47.8 Å². The van der Waals surface area contributed by atoms with Crippen LogP contribution in [0.1, 0.15) is 46.9 Å². The summed E-state index contributed by atoms with van der Waals surface area (Å²) >= 11 is 0. The standard InChI is InChI=1S/C24H17F4NO2/c25-19-11-13-4-1-2-7-17(13)18(19)12-20-22(30)21(23(31-20)29-16-8-9-16)14-5-3-6-15(10-14)24(26,27)28/h1-7,10-12,16,18,21H,8-9H2. The van der Waals surface area contributed by atoms with E-state index in [1.54, 1.807) is 24.3 Å². The summed E-state index contributed by atoms with van der Waals surface area (Å²) in [7, 11) is 0. The zero-order valence-electron chi connectivity index (χ0n) is 16.2. The number of carbonyl (C=O) groups is 1. The average molecular weight is 427 g/mol. The van der Waals surface area contributed by atoms with E-state index in [0.717, 1.165) is 25.0 Å². The molecule has 2 aliphatic carbocycles. The summed E-state index contributed by atoms with van der Waals surface area (Å²) in [5, 5.41) is 0. The van der Waals surface area contributed by atoms with E-state index in [1.165, 1.54) is 24.3 Å². The van der Waals surface area contributed by atoms with Crippen molar-refractivity contribution in [1.29, 1.82) is 0 Å². The number of ketones is 1. The fraction of sp³-hybridized carbons (Fsp3) is 0.250. The Hall–Kier alpha value is -3.22. The van der Waals surface area contributed by atoms with Gasteiger partial charge in [0.25, 0.3) is 0 Å². The van der Waals surface area contributed by atoms with Crippen molar-refractivity contribution in [2.75, 3.05) is 0 Å². The summed E-state index contributed by atoms with van der Waals surface area (Å²) in [6, 6.07) is 11.7. The number of aliphatic imine (C=N–C) groups is 1. The van der Waals surface area contributed by atoms with E-state index in [9.17, 15) is 22.4 Å². The van der Waals surface area contributed by atoms with Gasteiger partial charge in [-0.1, -0.05) is 42.5 Å². The minimum atomic E-state index is -4.54. The van der Waals surface area contributed by atoms with Crippen molar-refractivity contribution in [2.45, 2.75) is 36.9 Å². The lowest BCUT2D eigenvalue weighted by atomic mass is 9.92. The maximum atomic E-state index is 14.6. The van der Waals surface area contributed by atoms with Gasteiger partial charge in [-0.25, -0.2) is 4.39 Å². The third-order valence-electron chi connectivity index (χ3n) is 5.61. The number of halogens is 4. The second-order valence-corrected chi connectivity index (χ2v) is 7.89. The Morgan fingerprint density at radius 2 is 1.84 bits per heavy atom. The van der Waals surface area contributed by atoms with E-state index in [2.05, 4.69) is 4.99 Å². The first-order valence-corrected chi connectivity index (χ1v) is 9.96. The first-order chi connectivity index (χ1) is 14.8. The van der Waals surface area contributed by atoms with Crippen LogP contribution in [0, 0.1) is 0 Å². The molecule has 2 aromatic carbocycles. The van der Waals surface area contributed by atoms with Gasteiger partial charge in [0.1, 0.15) is 11.7 Å². The van der Waals surface area contributed by atoms with Crippen LogP contribution in [0.2, 0.25) is 0 Å². The first-order valence-electron chi connectivity index (χ1n) is 9.96. The number of ether oxygens (including phenoxy) is 1. The molecular formula is C24H17F4NO2. The number of carbonyl (C=O) groups excluding carboxylic acids is 1. The molecule has 0 amide bonds. The average Bonchev–Trinajstić information content (AvgIpc) is 3.42. The minimum Gasteiger partial charge on any atom is -0.439 e. The highest BCUT2D eigenvalue weighted by molar-refractivity contribution is 6.19. The fourth-order valence-corrected chi connectivity index (χ4v) is 3.90. The topological polar surface area (TPSA) is 38.7 Å². The van der Waals surface area contributed by atoms with Crippen LogP contribution in [0.4, 0.5) is 17.6 Å². The van der Waals surface area contributed by atoms with Crippen LogP contribution < -0.4 is 0 Å². The molecule has 0 aromatic heterocycles. The van der Waals surface area contributed by atoms with E-state index >= 15 is 0 Å². The van der Waals surface area contributed by atoms with Crippen LogP contribution >= 0.6 is 0 Å². The van der Waals surface area contributed by atoms with Gasteiger partial charge >= 0.3 is 6.18 Å². The van der Waals surface area contributed by atoms with Gasteiger partial charge in [0.15, 0.2) is 5.76 Å². The summed E-state index contributed by atoms with van der Waals surface area (Å²) in [6.45, 7) is 0. The van der Waals surface area contributed by atoms with Crippen molar-refractivity contribution in [3.63, 3.8) is 0 Å². The molecule has 2 aromatic rings. The molecule has 7 heteroatoms. The monoisotopic (exact) mass is 427 g/mol. The van der Waals surface area contributed by atoms with Gasteiger partial charge < -0.3 is 4.74 Å². The molecule has 1 saturated carbocycles. The summed E-state index contributed by atoms with van der Waals surface area (Å²) < 4.78 is 59.9. The second-order valence-electron chi connectivity index (χ2n) is 7.89.